The number of alkyl halides is 1. The first-order valence-corrected chi connectivity index (χ1v) is 13.3. The fourth-order valence-corrected chi connectivity index (χ4v) is 6.93. The first-order valence-electron chi connectivity index (χ1n) is 13.3. The zero-order valence-electron chi connectivity index (χ0n) is 22.6. The number of aromatic nitrogens is 2. The normalized spacial score (nSPS) is 28.9. The molecule has 2 bridgehead atoms. The first-order chi connectivity index (χ1) is 18.5. The molecule has 2 aromatic rings. The summed E-state index contributed by atoms with van der Waals surface area (Å²) in [6, 6.07) is 0.912. The lowest BCUT2D eigenvalue weighted by molar-refractivity contribution is -0.143. The molecule has 5 rings (SSSR count). The minimum atomic E-state index is -1.01. The summed E-state index contributed by atoms with van der Waals surface area (Å²) in [6.07, 6.45) is 10.2. The molecule has 3 aliphatic rings. The number of hydrogen-bond acceptors (Lipinski definition) is 6. The molecule has 3 heterocycles. The van der Waals surface area contributed by atoms with Crippen molar-refractivity contribution in [3.63, 3.8) is 0 Å². The number of carbonyl (C=O) groups is 3. The summed E-state index contributed by atoms with van der Waals surface area (Å²) in [7, 11) is 1.23. The molecule has 2 aliphatic carbocycles. The van der Waals surface area contributed by atoms with Gasteiger partial charge in [0, 0.05) is 36.1 Å². The third-order valence-corrected chi connectivity index (χ3v) is 8.69. The number of amides is 3. The Kier molecular flexibility index (Phi) is 6.95. The van der Waals surface area contributed by atoms with Crippen molar-refractivity contribution >= 4 is 28.8 Å². The van der Waals surface area contributed by atoms with Crippen LogP contribution in [0.4, 0.5) is 9.18 Å². The van der Waals surface area contributed by atoms with Crippen LogP contribution < -0.4 is 10.6 Å². The highest BCUT2D eigenvalue weighted by Gasteiger charge is 2.63. The Hall–Kier alpha value is -3.74. The molecular formula is C29H34FN5O4. The number of methoxy groups -OCH3 is 1. The van der Waals surface area contributed by atoms with Crippen LogP contribution >= 0.6 is 0 Å². The number of hydrogen-bond donors (Lipinski definition) is 2. The lowest BCUT2D eigenvalue weighted by Crippen LogP contribution is -2.59. The van der Waals surface area contributed by atoms with Gasteiger partial charge in [0.15, 0.2) is 0 Å². The van der Waals surface area contributed by atoms with Gasteiger partial charge in [0.1, 0.15) is 24.3 Å². The topological polar surface area (TPSA) is 114 Å². The molecule has 206 valence electrons. The molecule has 3 amide bonds. The summed E-state index contributed by atoms with van der Waals surface area (Å²) >= 11 is 0. The number of nitrogens with zero attached hydrogens (tertiary/aromatic N) is 3. The molecule has 8 atom stereocenters. The van der Waals surface area contributed by atoms with Crippen molar-refractivity contribution < 1.29 is 23.5 Å². The molecule has 1 saturated heterocycles. The van der Waals surface area contributed by atoms with Gasteiger partial charge in [-0.25, -0.2) is 9.18 Å². The number of terminal acetylenes is 1. The number of nitrogens with one attached hydrogen (secondary N) is 2. The zero-order valence-corrected chi connectivity index (χ0v) is 22.6. The molecule has 2 aromatic heterocycles. The summed E-state index contributed by atoms with van der Waals surface area (Å²) in [5, 5.41) is 6.36. The lowest BCUT2D eigenvalue weighted by Gasteiger charge is -2.37. The minimum absolute atomic E-state index is 0.00520. The van der Waals surface area contributed by atoms with E-state index in [0.29, 0.717) is 30.5 Å². The third-order valence-electron chi connectivity index (χ3n) is 8.69. The molecule has 0 radical (unpaired) electrons. The van der Waals surface area contributed by atoms with E-state index in [1.807, 2.05) is 26.8 Å². The van der Waals surface area contributed by atoms with Gasteiger partial charge in [-0.1, -0.05) is 26.7 Å². The predicted molar refractivity (Wildman–Crippen MR) is 142 cm³/mol. The highest BCUT2D eigenvalue weighted by molar-refractivity contribution is 5.93. The molecule has 0 aromatic carbocycles. The van der Waals surface area contributed by atoms with Gasteiger partial charge in [0.25, 0.3) is 0 Å². The maximum Gasteiger partial charge on any atom is 0.407 e. The average Bonchev–Trinajstić information content (AvgIpc) is 3.59. The second-order valence-electron chi connectivity index (χ2n) is 11.9. The van der Waals surface area contributed by atoms with E-state index in [1.54, 1.807) is 24.7 Å². The van der Waals surface area contributed by atoms with Crippen molar-refractivity contribution in [1.29, 1.82) is 0 Å². The Morgan fingerprint density at radius 3 is 2.67 bits per heavy atom. The predicted octanol–water partition coefficient (Wildman–Crippen LogP) is 3.01. The highest BCUT2D eigenvalue weighted by Crippen LogP contribution is 2.58. The average molecular weight is 536 g/mol. The SMILES string of the molecule is C#CC(NC(=O)[C@@H]1[C@@H]2[C@H](CN1C(=O)[C@@H](NC(=O)OC)C(C)(C)C)[C@@H]1CC(F)[C@H]2C1)c1cncc2cccnc12. The van der Waals surface area contributed by atoms with Crippen molar-refractivity contribution in [2.45, 2.75) is 57.9 Å². The second-order valence-corrected chi connectivity index (χ2v) is 11.9. The number of ether oxygens (including phenoxy) is 1. The van der Waals surface area contributed by atoms with Crippen LogP contribution in [-0.4, -0.2) is 64.7 Å². The van der Waals surface area contributed by atoms with E-state index in [-0.39, 0.29) is 23.7 Å². The van der Waals surface area contributed by atoms with Gasteiger partial charge in [-0.05, 0) is 54.1 Å². The van der Waals surface area contributed by atoms with E-state index in [4.69, 9.17) is 11.2 Å². The second kappa shape index (κ2) is 10.1. The Morgan fingerprint density at radius 1 is 1.21 bits per heavy atom. The minimum Gasteiger partial charge on any atom is -0.453 e. The third kappa shape index (κ3) is 4.68. The van der Waals surface area contributed by atoms with E-state index < -0.39 is 47.6 Å². The maximum atomic E-state index is 15.0. The molecule has 10 heteroatoms. The molecule has 9 nitrogen and oxygen atoms in total. The molecule has 0 spiro atoms. The number of pyridine rings is 2. The van der Waals surface area contributed by atoms with E-state index in [1.165, 1.54) is 12.0 Å². The van der Waals surface area contributed by atoms with E-state index in [9.17, 15) is 18.8 Å². The van der Waals surface area contributed by atoms with Gasteiger partial charge in [-0.3, -0.25) is 19.6 Å². The number of alkyl carbamates (subject to hydrolysis) is 1. The number of likely N-dealkylation sites (tertiary alicyclic amines) is 1. The van der Waals surface area contributed by atoms with Gasteiger partial charge in [-0.15, -0.1) is 6.42 Å². The van der Waals surface area contributed by atoms with Crippen molar-refractivity contribution in [3.05, 3.63) is 36.3 Å². The highest BCUT2D eigenvalue weighted by atomic mass is 19.1. The molecule has 2 saturated carbocycles. The fourth-order valence-electron chi connectivity index (χ4n) is 6.93. The van der Waals surface area contributed by atoms with Crippen LogP contribution in [0.25, 0.3) is 10.9 Å². The van der Waals surface area contributed by atoms with Gasteiger partial charge in [0.05, 0.1) is 12.6 Å². The van der Waals surface area contributed by atoms with Gasteiger partial charge in [0.2, 0.25) is 11.8 Å². The number of rotatable bonds is 5. The van der Waals surface area contributed by atoms with Crippen LogP contribution in [0.15, 0.2) is 30.7 Å². The van der Waals surface area contributed by atoms with Crippen LogP contribution in [0, 0.1) is 41.4 Å². The van der Waals surface area contributed by atoms with Crippen LogP contribution in [0.3, 0.4) is 0 Å². The smallest absolute Gasteiger partial charge is 0.407 e. The summed E-state index contributed by atoms with van der Waals surface area (Å²) in [5.41, 5.74) is 0.507. The van der Waals surface area contributed by atoms with Gasteiger partial charge >= 0.3 is 6.09 Å². The van der Waals surface area contributed by atoms with Gasteiger partial charge < -0.3 is 20.3 Å². The molecule has 2 unspecified atom stereocenters. The Bertz CT molecular complexity index is 1330. The van der Waals surface area contributed by atoms with Gasteiger partial charge in [-0.2, -0.15) is 0 Å². The van der Waals surface area contributed by atoms with E-state index in [0.717, 1.165) is 5.39 Å². The summed E-state index contributed by atoms with van der Waals surface area (Å²) in [6.45, 7) is 5.80. The largest absolute Gasteiger partial charge is 0.453 e. The van der Waals surface area contributed by atoms with E-state index >= 15 is 0 Å². The van der Waals surface area contributed by atoms with Crippen molar-refractivity contribution in [1.82, 2.24) is 25.5 Å². The number of halogens is 1. The molecule has 39 heavy (non-hydrogen) atoms. The molecule has 3 fully saturated rings. The molecule has 2 N–H and O–H groups in total. The van der Waals surface area contributed by atoms with Crippen molar-refractivity contribution in [2.75, 3.05) is 13.7 Å². The zero-order chi connectivity index (χ0) is 28.1. The number of fused-ring (bicyclic) bond motifs is 6. The Morgan fingerprint density at radius 2 is 1.97 bits per heavy atom. The Balaban J connectivity index is 1.48. The monoisotopic (exact) mass is 535 g/mol. The summed E-state index contributed by atoms with van der Waals surface area (Å²) in [5.74, 6) is 1.26. The Labute approximate surface area is 227 Å². The standard InChI is InChI=1S/C29H34FN5O4/c1-6-21(18-13-31-12-15-8-7-9-32-23(15)18)33-26(36)24-22-17-10-16(11-20(17)30)19(22)14-35(24)27(37)25(29(2,3)4)34-28(38)39-5/h1,7-9,12-13,16-17,19-22,24-25H,10-11,14H2,2-5H3,(H,33,36)(H,34,38)/t16-,17+,19+,20?,21?,22-,24-,25+/m0/s1. The fraction of sp³-hybridized carbons (Fsp3) is 0.552. The molecular weight excluding hydrogens is 501 g/mol. The summed E-state index contributed by atoms with van der Waals surface area (Å²) < 4.78 is 19.8. The van der Waals surface area contributed by atoms with E-state index in [2.05, 4.69) is 26.5 Å². The maximum absolute atomic E-state index is 15.0. The van der Waals surface area contributed by atoms with Crippen LogP contribution in [0.1, 0.15) is 45.2 Å². The van der Waals surface area contributed by atoms with Crippen LogP contribution in [0.5, 0.6) is 0 Å². The molecule has 1 aliphatic heterocycles. The van der Waals surface area contributed by atoms with Crippen molar-refractivity contribution in [2.24, 2.45) is 29.1 Å². The quantitative estimate of drug-likeness (QED) is 0.569. The number of carbonyl (C=O) groups excluding carboxylic acids is 3. The lowest BCUT2D eigenvalue weighted by atomic mass is 9.77. The van der Waals surface area contributed by atoms with Crippen LogP contribution in [-0.2, 0) is 14.3 Å². The summed E-state index contributed by atoms with van der Waals surface area (Å²) in [4.78, 5) is 50.4. The van der Waals surface area contributed by atoms with Crippen LogP contribution in [0.2, 0.25) is 0 Å². The first kappa shape index (κ1) is 26.9. The van der Waals surface area contributed by atoms with Crippen molar-refractivity contribution in [3.8, 4) is 12.3 Å².